The van der Waals surface area contributed by atoms with Crippen molar-refractivity contribution in [1.29, 1.82) is 0 Å². The molecule has 0 fully saturated rings. The van der Waals surface area contributed by atoms with Crippen LogP contribution in [0.1, 0.15) is 35.5 Å². The number of carboxylic acid groups (broad SMARTS) is 1. The lowest BCUT2D eigenvalue weighted by Crippen LogP contribution is -2.54. The molecule has 0 spiro atoms. The highest BCUT2D eigenvalue weighted by atomic mass is 32.1. The Morgan fingerprint density at radius 1 is 1.38 bits per heavy atom. The number of aromatic carboxylic acids is 1. The van der Waals surface area contributed by atoms with Crippen molar-refractivity contribution in [1.82, 2.24) is 10.3 Å². The van der Waals surface area contributed by atoms with Gasteiger partial charge in [-0.3, -0.25) is 9.59 Å². The van der Waals surface area contributed by atoms with Crippen molar-refractivity contribution < 1.29 is 38.7 Å². The van der Waals surface area contributed by atoms with Gasteiger partial charge in [-0.1, -0.05) is 5.16 Å². The van der Waals surface area contributed by atoms with Crippen LogP contribution in [-0.4, -0.2) is 64.4 Å². The summed E-state index contributed by atoms with van der Waals surface area (Å²) in [6.45, 7) is 2.74. The average Bonchev–Trinajstić information content (AvgIpc) is 3.19. The van der Waals surface area contributed by atoms with Gasteiger partial charge in [-0.25, -0.2) is 9.78 Å². The molecule has 1 aliphatic rings. The third-order valence-corrected chi connectivity index (χ3v) is 5.56. The number of carbonyl (C=O) groups excluding carboxylic acids is 2. The molecule has 1 atom stereocenters. The Hall–Kier alpha value is -3.85. The first kappa shape index (κ1) is 24.8. The maximum Gasteiger partial charge on any atom is 0.547 e. The van der Waals surface area contributed by atoms with Crippen LogP contribution in [0, 0.1) is 0 Å². The minimum atomic E-state index is -1.58. The van der Waals surface area contributed by atoms with Crippen LogP contribution in [0.15, 0.2) is 22.7 Å². The Morgan fingerprint density at radius 3 is 2.65 bits per heavy atom. The Kier molecular flexibility index (Phi) is 6.97. The summed E-state index contributed by atoms with van der Waals surface area (Å²) in [7, 11) is -0.200. The van der Waals surface area contributed by atoms with Gasteiger partial charge in [0.15, 0.2) is 10.8 Å². The monoisotopic (exact) mass is 491 g/mol. The van der Waals surface area contributed by atoms with E-state index >= 15 is 0 Å². The van der Waals surface area contributed by atoms with Crippen LogP contribution >= 0.6 is 11.3 Å². The minimum Gasteiger partial charge on any atom is -0.534 e. The number of hydrogen-bond acceptors (Lipinski definition) is 11. The number of hydrogen-bond donors (Lipinski definition) is 5. The summed E-state index contributed by atoms with van der Waals surface area (Å²) in [5.41, 5.74) is 9.36. The van der Waals surface area contributed by atoms with Crippen LogP contribution in [0.3, 0.4) is 0 Å². The molecule has 2 amide bonds. The van der Waals surface area contributed by atoms with Gasteiger partial charge in [0.05, 0.1) is 13.1 Å². The van der Waals surface area contributed by atoms with Gasteiger partial charge in [0.25, 0.3) is 11.8 Å². The smallest absolute Gasteiger partial charge is 0.534 e. The lowest BCUT2D eigenvalue weighted by atomic mass is 9.72. The van der Waals surface area contributed by atoms with Crippen LogP contribution in [0.4, 0.5) is 5.13 Å². The van der Waals surface area contributed by atoms with E-state index < -0.39 is 36.4 Å². The number of amides is 2. The van der Waals surface area contributed by atoms with E-state index in [4.69, 9.17) is 25.7 Å². The van der Waals surface area contributed by atoms with Crippen molar-refractivity contribution in [2.24, 2.45) is 10.9 Å². The lowest BCUT2D eigenvalue weighted by Gasteiger charge is -2.29. The van der Waals surface area contributed by atoms with E-state index in [2.05, 4.69) is 15.5 Å². The molecular formula is C19H22BN5O8S. The third-order valence-electron chi connectivity index (χ3n) is 4.88. The van der Waals surface area contributed by atoms with Gasteiger partial charge >= 0.3 is 13.1 Å². The highest BCUT2D eigenvalue weighted by molar-refractivity contribution is 7.13. The molecule has 2 heterocycles. The van der Waals surface area contributed by atoms with Gasteiger partial charge in [-0.15, -0.1) is 11.3 Å². The lowest BCUT2D eigenvalue weighted by molar-refractivity contribution is -0.139. The zero-order chi connectivity index (χ0) is 25.2. The molecule has 13 nitrogen and oxygen atoms in total. The second-order valence-corrected chi connectivity index (χ2v) is 8.63. The first-order valence-electron chi connectivity index (χ1n) is 9.80. The predicted octanol–water partition coefficient (Wildman–Crippen LogP) is -0.444. The van der Waals surface area contributed by atoms with Gasteiger partial charge < -0.3 is 41.1 Å². The summed E-state index contributed by atoms with van der Waals surface area (Å²) in [5.74, 6) is -3.66. The molecule has 34 heavy (non-hydrogen) atoms. The molecule has 7 N–H and O–H groups in total. The van der Waals surface area contributed by atoms with Crippen LogP contribution in [0.5, 0.6) is 11.5 Å². The van der Waals surface area contributed by atoms with Gasteiger partial charge in [0, 0.05) is 5.38 Å². The van der Waals surface area contributed by atoms with E-state index in [0.29, 0.717) is 5.56 Å². The zero-order valence-electron chi connectivity index (χ0n) is 18.4. The summed E-state index contributed by atoms with van der Waals surface area (Å²) in [5, 5.41) is 27.9. The summed E-state index contributed by atoms with van der Waals surface area (Å²) >= 11 is 1.05. The largest absolute Gasteiger partial charge is 0.547 e. The number of oxime groups is 1. The summed E-state index contributed by atoms with van der Waals surface area (Å²) in [4.78, 5) is 45.4. The Labute approximate surface area is 197 Å². The fraction of sp³-hybridized carbons (Fsp3) is 0.316. The highest BCUT2D eigenvalue weighted by Gasteiger charge is 2.39. The molecule has 1 aromatic carbocycles. The van der Waals surface area contributed by atoms with Crippen molar-refractivity contribution in [2.45, 2.75) is 31.8 Å². The number of benzene rings is 1. The van der Waals surface area contributed by atoms with Gasteiger partial charge in [-0.05, 0) is 38.0 Å². The van der Waals surface area contributed by atoms with E-state index in [0.717, 1.165) is 11.3 Å². The Balaban J connectivity index is 1.89. The molecule has 2 aromatic rings. The van der Waals surface area contributed by atoms with Crippen LogP contribution in [-0.2, 0) is 20.8 Å². The van der Waals surface area contributed by atoms with Crippen LogP contribution < -0.4 is 26.2 Å². The van der Waals surface area contributed by atoms with Gasteiger partial charge in [-0.2, -0.15) is 0 Å². The quantitative estimate of drug-likeness (QED) is 0.183. The molecule has 15 heteroatoms. The summed E-state index contributed by atoms with van der Waals surface area (Å²) in [6.07, 6.45) is 0.0137. The van der Waals surface area contributed by atoms with Crippen molar-refractivity contribution in [3.8, 4) is 11.5 Å². The molecule has 0 aliphatic carbocycles. The topological polar surface area (TPSA) is 209 Å². The molecule has 0 bridgehead atoms. The molecule has 1 aromatic heterocycles. The first-order valence-corrected chi connectivity index (χ1v) is 10.7. The number of nitrogens with one attached hydrogen (secondary N) is 1. The number of aromatic nitrogens is 1. The number of nitrogen functional groups attached to an aromatic ring is 1. The number of carbonyl (C=O) groups is 3. The number of methoxy groups -OCH3 is 1. The van der Waals surface area contributed by atoms with Crippen molar-refractivity contribution in [2.75, 3.05) is 12.8 Å². The molecule has 0 saturated heterocycles. The molecule has 0 unspecified atom stereocenters. The fourth-order valence-corrected chi connectivity index (χ4v) is 3.48. The van der Waals surface area contributed by atoms with Crippen LogP contribution in [0.2, 0.25) is 0 Å². The highest BCUT2D eigenvalue weighted by Crippen LogP contribution is 2.34. The number of nitrogens with two attached hydrogens (primary N) is 2. The number of fused-ring (bicyclic) bond motifs is 1. The molecule has 180 valence electrons. The van der Waals surface area contributed by atoms with Crippen molar-refractivity contribution in [3.05, 3.63) is 34.3 Å². The van der Waals surface area contributed by atoms with Gasteiger partial charge in [0.2, 0.25) is 5.60 Å². The zero-order valence-corrected chi connectivity index (χ0v) is 19.2. The fourth-order valence-electron chi connectivity index (χ4n) is 2.93. The van der Waals surface area contributed by atoms with E-state index in [1.54, 1.807) is 6.07 Å². The number of thiazole rings is 1. The molecule has 0 radical (unpaired) electrons. The third kappa shape index (κ3) is 5.21. The maximum atomic E-state index is 13.1. The minimum absolute atomic E-state index is 0.0137. The summed E-state index contributed by atoms with van der Waals surface area (Å²) < 4.78 is 10.5. The average molecular weight is 491 g/mol. The number of primary amides is 1. The van der Waals surface area contributed by atoms with Crippen molar-refractivity contribution in [3.63, 3.8) is 0 Å². The number of ether oxygens (including phenoxy) is 1. The Bertz CT molecular complexity index is 1170. The SMILES string of the molecule is COc1cc2c(c(C(=O)O)c1)OB(O)[C@@H](NC(=O)/C(=N\OC(C)(C)C(N)=O)c1csc(N)n1)C2. The molecular weight excluding hydrogens is 469 g/mol. The van der Waals surface area contributed by atoms with Gasteiger partial charge in [0.1, 0.15) is 22.8 Å². The predicted molar refractivity (Wildman–Crippen MR) is 122 cm³/mol. The van der Waals surface area contributed by atoms with E-state index in [1.165, 1.54) is 32.4 Å². The second kappa shape index (κ2) is 9.57. The van der Waals surface area contributed by atoms with Crippen molar-refractivity contribution >= 4 is 47.1 Å². The Morgan fingerprint density at radius 2 is 2.09 bits per heavy atom. The number of anilines is 1. The first-order chi connectivity index (χ1) is 15.9. The summed E-state index contributed by atoms with van der Waals surface area (Å²) in [6, 6.07) is 2.81. The number of carboxylic acids is 1. The van der Waals surface area contributed by atoms with E-state index in [-0.39, 0.29) is 40.0 Å². The number of rotatable bonds is 8. The van der Waals surface area contributed by atoms with E-state index in [9.17, 15) is 24.5 Å². The normalized spacial score (nSPS) is 15.7. The second-order valence-electron chi connectivity index (χ2n) is 7.74. The molecule has 0 saturated carbocycles. The number of nitrogens with zero attached hydrogens (tertiary/aromatic N) is 2. The molecule has 3 rings (SSSR count). The maximum absolute atomic E-state index is 13.1. The van der Waals surface area contributed by atoms with Crippen LogP contribution in [0.25, 0.3) is 0 Å². The van der Waals surface area contributed by atoms with E-state index in [1.807, 2.05) is 0 Å². The molecule has 1 aliphatic heterocycles. The standard InChI is InChI=1S/C19H22BN5O8S/c1-19(2,17(21)29)33-25-13(11-7-34-18(22)23-11)15(26)24-12-5-8-4-9(31-3)6-10(16(27)28)14(8)32-20(12)30/h4,6-7,12,30H,5H2,1-3H3,(H2,21,29)(H2,22,23)(H,24,26)(H,27,28)/b25-13-/t12-/m0/s1.